The molecule has 0 unspecified atom stereocenters. The zero-order valence-corrected chi connectivity index (χ0v) is 13.0. The Morgan fingerprint density at radius 1 is 1.19 bits per heavy atom. The maximum absolute atomic E-state index is 11.3. The molecule has 0 bridgehead atoms. The molecular formula is C15H16BrN3O2. The second-order valence-electron chi connectivity index (χ2n) is 4.59. The van der Waals surface area contributed by atoms with Crippen LogP contribution in [0.15, 0.2) is 53.0 Å². The van der Waals surface area contributed by atoms with Gasteiger partial charge in [0.1, 0.15) is 5.69 Å². The summed E-state index contributed by atoms with van der Waals surface area (Å²) in [6.45, 7) is 1.57. The second kappa shape index (κ2) is 7.19. The molecule has 0 saturated heterocycles. The van der Waals surface area contributed by atoms with Gasteiger partial charge in [-0.3, -0.25) is 10.1 Å². The van der Waals surface area contributed by atoms with Gasteiger partial charge in [-0.2, -0.15) is 0 Å². The van der Waals surface area contributed by atoms with E-state index in [1.165, 1.54) is 6.07 Å². The van der Waals surface area contributed by atoms with E-state index >= 15 is 0 Å². The molecule has 0 saturated carbocycles. The van der Waals surface area contributed by atoms with Crippen molar-refractivity contribution in [1.29, 1.82) is 0 Å². The van der Waals surface area contributed by atoms with E-state index in [0.717, 1.165) is 5.56 Å². The van der Waals surface area contributed by atoms with Gasteiger partial charge < -0.3 is 10.6 Å². The number of halogens is 1. The topological polar surface area (TPSA) is 72.4 Å². The Morgan fingerprint density at radius 2 is 1.90 bits per heavy atom. The van der Waals surface area contributed by atoms with Crippen molar-refractivity contribution in [3.8, 4) is 0 Å². The smallest absolute Gasteiger partial charge is 0.293 e. The second-order valence-corrected chi connectivity index (χ2v) is 5.50. The predicted octanol–water partition coefficient (Wildman–Crippen LogP) is 3.32. The molecule has 0 spiro atoms. The highest BCUT2D eigenvalue weighted by Gasteiger charge is 2.19. The Kier molecular flexibility index (Phi) is 5.30. The minimum atomic E-state index is -0.366. The summed E-state index contributed by atoms with van der Waals surface area (Å²) in [6.07, 6.45) is 0. The van der Waals surface area contributed by atoms with Crippen LogP contribution in [0.3, 0.4) is 0 Å². The van der Waals surface area contributed by atoms with Crippen LogP contribution in [-0.2, 0) is 6.54 Å². The van der Waals surface area contributed by atoms with Crippen molar-refractivity contribution >= 4 is 27.3 Å². The van der Waals surface area contributed by atoms with E-state index in [1.807, 2.05) is 35.2 Å². The van der Waals surface area contributed by atoms with Crippen LogP contribution in [0.2, 0.25) is 0 Å². The molecule has 0 atom stereocenters. The van der Waals surface area contributed by atoms with E-state index in [1.54, 1.807) is 12.1 Å². The van der Waals surface area contributed by atoms with Gasteiger partial charge in [-0.25, -0.2) is 0 Å². The summed E-state index contributed by atoms with van der Waals surface area (Å²) >= 11 is 3.27. The monoisotopic (exact) mass is 349 g/mol. The van der Waals surface area contributed by atoms with E-state index in [9.17, 15) is 10.1 Å². The summed E-state index contributed by atoms with van der Waals surface area (Å²) in [5.41, 5.74) is 7.40. The zero-order chi connectivity index (χ0) is 15.2. The molecule has 0 aliphatic rings. The molecule has 0 heterocycles. The van der Waals surface area contributed by atoms with Gasteiger partial charge >= 0.3 is 0 Å². The van der Waals surface area contributed by atoms with Crippen LogP contribution in [-0.4, -0.2) is 18.0 Å². The minimum Gasteiger partial charge on any atom is -0.360 e. The van der Waals surface area contributed by atoms with Gasteiger partial charge in [-0.15, -0.1) is 0 Å². The van der Waals surface area contributed by atoms with Crippen LogP contribution < -0.4 is 10.6 Å². The molecule has 0 aromatic heterocycles. The molecule has 0 aliphatic heterocycles. The summed E-state index contributed by atoms with van der Waals surface area (Å²) in [4.78, 5) is 12.8. The number of nitro benzene ring substituents is 1. The molecule has 2 rings (SSSR count). The Labute approximate surface area is 131 Å². The number of hydrogen-bond donors (Lipinski definition) is 1. The summed E-state index contributed by atoms with van der Waals surface area (Å²) < 4.78 is 0.686. The molecule has 0 amide bonds. The van der Waals surface area contributed by atoms with E-state index in [-0.39, 0.29) is 10.6 Å². The number of nitro groups is 1. The summed E-state index contributed by atoms with van der Waals surface area (Å²) in [5.74, 6) is 0. The first-order valence-electron chi connectivity index (χ1n) is 6.54. The van der Waals surface area contributed by atoms with Gasteiger partial charge in [0.2, 0.25) is 0 Å². The van der Waals surface area contributed by atoms with Gasteiger partial charge in [0, 0.05) is 30.2 Å². The molecule has 21 heavy (non-hydrogen) atoms. The first-order chi connectivity index (χ1) is 10.1. The highest BCUT2D eigenvalue weighted by Crippen LogP contribution is 2.31. The number of nitrogens with two attached hydrogens (primary N) is 1. The lowest BCUT2D eigenvalue weighted by Crippen LogP contribution is -2.29. The van der Waals surface area contributed by atoms with Crippen LogP contribution in [0, 0.1) is 10.1 Å². The van der Waals surface area contributed by atoms with Crippen molar-refractivity contribution in [3.63, 3.8) is 0 Å². The quantitative estimate of drug-likeness (QED) is 0.641. The SMILES string of the molecule is NCCN(Cc1ccccc1)c1ccc(Br)cc1[N+](=O)[O-]. The van der Waals surface area contributed by atoms with Crippen molar-refractivity contribution in [2.45, 2.75) is 6.54 Å². The molecule has 0 radical (unpaired) electrons. The number of hydrogen-bond acceptors (Lipinski definition) is 4. The largest absolute Gasteiger partial charge is 0.360 e. The Bertz CT molecular complexity index is 620. The van der Waals surface area contributed by atoms with Crippen molar-refractivity contribution in [2.75, 3.05) is 18.0 Å². The van der Waals surface area contributed by atoms with E-state index < -0.39 is 0 Å². The number of nitrogens with zero attached hydrogens (tertiary/aromatic N) is 2. The van der Waals surface area contributed by atoms with Gasteiger partial charge in [-0.05, 0) is 17.7 Å². The highest BCUT2D eigenvalue weighted by atomic mass is 79.9. The van der Waals surface area contributed by atoms with E-state index in [0.29, 0.717) is 29.8 Å². The lowest BCUT2D eigenvalue weighted by molar-refractivity contribution is -0.384. The van der Waals surface area contributed by atoms with Gasteiger partial charge in [-0.1, -0.05) is 46.3 Å². The van der Waals surface area contributed by atoms with Crippen molar-refractivity contribution in [2.24, 2.45) is 5.73 Å². The molecular weight excluding hydrogens is 334 g/mol. The molecule has 0 fully saturated rings. The summed E-state index contributed by atoms with van der Waals surface area (Å²) in [5, 5.41) is 11.3. The molecule has 2 aromatic carbocycles. The molecule has 0 aliphatic carbocycles. The fourth-order valence-corrected chi connectivity index (χ4v) is 2.50. The average Bonchev–Trinajstić information content (AvgIpc) is 2.48. The fraction of sp³-hybridized carbons (Fsp3) is 0.200. The average molecular weight is 350 g/mol. The predicted molar refractivity (Wildman–Crippen MR) is 87.3 cm³/mol. The standard InChI is InChI=1S/C15H16BrN3O2/c16-13-6-7-14(15(10-13)19(20)21)18(9-8-17)11-12-4-2-1-3-5-12/h1-7,10H,8-9,11,17H2. The number of rotatable bonds is 6. The van der Waals surface area contributed by atoms with Crippen molar-refractivity contribution in [3.05, 3.63) is 68.7 Å². The fourth-order valence-electron chi connectivity index (χ4n) is 2.15. The van der Waals surface area contributed by atoms with Gasteiger partial charge in [0.05, 0.1) is 4.92 Å². The lowest BCUT2D eigenvalue weighted by atomic mass is 10.2. The molecule has 5 nitrogen and oxygen atoms in total. The molecule has 110 valence electrons. The molecule has 2 N–H and O–H groups in total. The van der Waals surface area contributed by atoms with Gasteiger partial charge in [0.25, 0.3) is 5.69 Å². The lowest BCUT2D eigenvalue weighted by Gasteiger charge is -2.24. The first-order valence-corrected chi connectivity index (χ1v) is 7.34. The maximum atomic E-state index is 11.3. The highest BCUT2D eigenvalue weighted by molar-refractivity contribution is 9.10. The number of anilines is 1. The Balaban J connectivity index is 2.36. The van der Waals surface area contributed by atoms with Gasteiger partial charge in [0.15, 0.2) is 0 Å². The van der Waals surface area contributed by atoms with Crippen molar-refractivity contribution < 1.29 is 4.92 Å². The van der Waals surface area contributed by atoms with E-state index in [2.05, 4.69) is 15.9 Å². The third-order valence-electron chi connectivity index (χ3n) is 3.09. The third-order valence-corrected chi connectivity index (χ3v) is 3.58. The number of benzene rings is 2. The first kappa shape index (κ1) is 15.5. The minimum absolute atomic E-state index is 0.0776. The van der Waals surface area contributed by atoms with Crippen LogP contribution in [0.5, 0.6) is 0 Å². The summed E-state index contributed by atoms with van der Waals surface area (Å²) in [7, 11) is 0. The summed E-state index contributed by atoms with van der Waals surface area (Å²) in [6, 6.07) is 14.9. The third kappa shape index (κ3) is 4.03. The Hall–Kier alpha value is -1.92. The maximum Gasteiger partial charge on any atom is 0.293 e. The zero-order valence-electron chi connectivity index (χ0n) is 11.4. The van der Waals surface area contributed by atoms with Crippen molar-refractivity contribution in [1.82, 2.24) is 0 Å². The Morgan fingerprint density at radius 3 is 2.52 bits per heavy atom. The van der Waals surface area contributed by atoms with Crippen LogP contribution >= 0.6 is 15.9 Å². The molecule has 2 aromatic rings. The molecule has 6 heteroatoms. The van der Waals surface area contributed by atoms with E-state index in [4.69, 9.17) is 5.73 Å². The van der Waals surface area contributed by atoms with Crippen LogP contribution in [0.4, 0.5) is 11.4 Å². The van der Waals surface area contributed by atoms with Crippen LogP contribution in [0.25, 0.3) is 0 Å². The van der Waals surface area contributed by atoms with Crippen LogP contribution in [0.1, 0.15) is 5.56 Å². The normalized spacial score (nSPS) is 10.4.